The molecule has 0 amide bonds. The molecule has 0 bridgehead atoms. The van der Waals surface area contributed by atoms with Crippen LogP contribution in [-0.2, 0) is 12.8 Å². The number of nitrogens with zero attached hydrogens (tertiary/aromatic N) is 4. The lowest BCUT2D eigenvalue weighted by atomic mass is 9.97. The van der Waals surface area contributed by atoms with Crippen molar-refractivity contribution in [3.05, 3.63) is 82.1 Å². The molecular formula is C25H28N4O. The number of aromatic nitrogens is 4. The quantitative estimate of drug-likeness (QED) is 0.615. The lowest BCUT2D eigenvalue weighted by molar-refractivity contribution is 0.476. The van der Waals surface area contributed by atoms with Crippen molar-refractivity contribution in [3.8, 4) is 5.69 Å². The Morgan fingerprint density at radius 2 is 1.67 bits per heavy atom. The second kappa shape index (κ2) is 8.13. The van der Waals surface area contributed by atoms with E-state index in [-0.39, 0.29) is 5.56 Å². The van der Waals surface area contributed by atoms with Crippen LogP contribution in [0.15, 0.2) is 53.8 Å². The van der Waals surface area contributed by atoms with Crippen LogP contribution < -0.4 is 5.56 Å². The maximum atomic E-state index is 12.1. The van der Waals surface area contributed by atoms with Gasteiger partial charge in [0.1, 0.15) is 5.82 Å². The van der Waals surface area contributed by atoms with Crippen molar-refractivity contribution in [3.63, 3.8) is 0 Å². The van der Waals surface area contributed by atoms with Crippen molar-refractivity contribution < 1.29 is 0 Å². The Balaban J connectivity index is 1.17. The first-order valence-electron chi connectivity index (χ1n) is 11.1. The molecule has 0 aromatic carbocycles. The highest BCUT2D eigenvalue weighted by molar-refractivity contribution is 5.31. The average molecular weight is 401 g/mol. The summed E-state index contributed by atoms with van der Waals surface area (Å²) in [5, 5.41) is 0. The largest absolute Gasteiger partial charge is 0.282 e. The summed E-state index contributed by atoms with van der Waals surface area (Å²) < 4.78 is 1.66. The summed E-state index contributed by atoms with van der Waals surface area (Å²) in [5.41, 5.74) is 4.27. The van der Waals surface area contributed by atoms with Crippen LogP contribution in [0.1, 0.15) is 60.7 Å². The summed E-state index contributed by atoms with van der Waals surface area (Å²) in [4.78, 5) is 26.0. The van der Waals surface area contributed by atoms with Crippen molar-refractivity contribution in [2.75, 3.05) is 0 Å². The van der Waals surface area contributed by atoms with Gasteiger partial charge in [-0.05, 0) is 86.5 Å². The molecule has 5 nitrogen and oxygen atoms in total. The van der Waals surface area contributed by atoms with Gasteiger partial charge in [0, 0.05) is 36.8 Å². The van der Waals surface area contributed by atoms with E-state index in [0.717, 1.165) is 41.5 Å². The number of pyridine rings is 2. The van der Waals surface area contributed by atoms with Crippen molar-refractivity contribution >= 4 is 0 Å². The highest BCUT2D eigenvalue weighted by atomic mass is 16.1. The molecule has 5 rings (SSSR count). The Hall–Kier alpha value is -2.82. The van der Waals surface area contributed by atoms with Gasteiger partial charge in [0.05, 0.1) is 11.9 Å². The molecule has 3 heterocycles. The van der Waals surface area contributed by atoms with Crippen LogP contribution in [0.3, 0.4) is 0 Å². The molecule has 3 aromatic rings. The van der Waals surface area contributed by atoms with Gasteiger partial charge in [0.25, 0.3) is 5.56 Å². The Morgan fingerprint density at radius 1 is 0.900 bits per heavy atom. The molecule has 0 saturated heterocycles. The molecule has 2 atom stereocenters. The first kappa shape index (κ1) is 19.2. The summed E-state index contributed by atoms with van der Waals surface area (Å²) in [6.07, 6.45) is 16.0. The number of hydrogen-bond acceptors (Lipinski definition) is 4. The Morgan fingerprint density at radius 3 is 2.37 bits per heavy atom. The zero-order chi connectivity index (χ0) is 20.5. The lowest BCUT2D eigenvalue weighted by Crippen LogP contribution is -2.17. The van der Waals surface area contributed by atoms with E-state index in [1.807, 2.05) is 43.8 Å². The van der Waals surface area contributed by atoms with Crippen molar-refractivity contribution in [1.82, 2.24) is 19.5 Å². The van der Waals surface area contributed by atoms with Gasteiger partial charge < -0.3 is 0 Å². The molecule has 30 heavy (non-hydrogen) atoms. The third kappa shape index (κ3) is 4.35. The van der Waals surface area contributed by atoms with Gasteiger partial charge >= 0.3 is 0 Å². The molecule has 0 N–H and O–H groups in total. The van der Waals surface area contributed by atoms with E-state index in [1.165, 1.54) is 37.7 Å². The minimum Gasteiger partial charge on any atom is -0.282 e. The minimum atomic E-state index is -0.0267. The van der Waals surface area contributed by atoms with E-state index < -0.39 is 0 Å². The zero-order valence-corrected chi connectivity index (χ0v) is 17.5. The predicted molar refractivity (Wildman–Crippen MR) is 117 cm³/mol. The molecule has 2 fully saturated rings. The van der Waals surface area contributed by atoms with Crippen LogP contribution in [0.25, 0.3) is 5.69 Å². The summed E-state index contributed by atoms with van der Waals surface area (Å²) in [5.74, 6) is 3.06. The van der Waals surface area contributed by atoms with Gasteiger partial charge in [0.2, 0.25) is 0 Å². The molecule has 2 saturated carbocycles. The lowest BCUT2D eigenvalue weighted by Gasteiger charge is -2.12. The van der Waals surface area contributed by atoms with Crippen molar-refractivity contribution in [2.45, 2.75) is 57.8 Å². The van der Waals surface area contributed by atoms with E-state index in [4.69, 9.17) is 0 Å². The first-order valence-corrected chi connectivity index (χ1v) is 11.1. The van der Waals surface area contributed by atoms with Crippen molar-refractivity contribution in [1.29, 1.82) is 0 Å². The zero-order valence-electron chi connectivity index (χ0n) is 17.5. The Bertz CT molecular complexity index is 1070. The Kier molecular flexibility index (Phi) is 5.19. The fourth-order valence-corrected chi connectivity index (χ4v) is 4.68. The molecule has 2 aliphatic rings. The smallest absolute Gasteiger partial charge is 0.255 e. The monoisotopic (exact) mass is 400 g/mol. The second-order valence-electron chi connectivity index (χ2n) is 9.08. The molecule has 5 heteroatoms. The number of rotatable bonds is 6. The van der Waals surface area contributed by atoms with E-state index in [0.29, 0.717) is 11.8 Å². The molecular weight excluding hydrogens is 372 g/mol. The summed E-state index contributed by atoms with van der Waals surface area (Å²) in [6, 6.07) is 7.51. The summed E-state index contributed by atoms with van der Waals surface area (Å²) >= 11 is 0. The van der Waals surface area contributed by atoms with Gasteiger partial charge in [-0.2, -0.15) is 0 Å². The summed E-state index contributed by atoms with van der Waals surface area (Å²) in [6.45, 7) is 1.99. The highest BCUT2D eigenvalue weighted by Gasteiger charge is 2.27. The fraction of sp³-hybridized carbons (Fsp3) is 0.440. The molecule has 0 aliphatic heterocycles. The third-order valence-corrected chi connectivity index (χ3v) is 6.54. The van der Waals surface area contributed by atoms with Gasteiger partial charge in [0.15, 0.2) is 0 Å². The molecule has 0 unspecified atom stereocenters. The van der Waals surface area contributed by atoms with Gasteiger partial charge in [-0.3, -0.25) is 14.3 Å². The maximum absolute atomic E-state index is 12.1. The van der Waals surface area contributed by atoms with Gasteiger partial charge in [-0.1, -0.05) is 6.07 Å². The highest BCUT2D eigenvalue weighted by Crippen LogP contribution is 2.39. The fourth-order valence-electron chi connectivity index (χ4n) is 4.68. The number of aryl methyl sites for hydroxylation is 1. The van der Waals surface area contributed by atoms with E-state index in [2.05, 4.69) is 21.0 Å². The van der Waals surface area contributed by atoms with Crippen LogP contribution in [0.4, 0.5) is 0 Å². The normalized spacial score (nSPS) is 21.1. The minimum absolute atomic E-state index is 0.0267. The van der Waals surface area contributed by atoms with Crippen LogP contribution in [0.2, 0.25) is 0 Å². The molecule has 0 radical (unpaired) electrons. The van der Waals surface area contributed by atoms with Crippen LogP contribution in [-0.4, -0.2) is 19.5 Å². The van der Waals surface area contributed by atoms with E-state index in [9.17, 15) is 4.79 Å². The maximum Gasteiger partial charge on any atom is 0.255 e. The SMILES string of the molecule is Cc1ccc(=O)n(-c2ccc(C[C@H]3CC[C@H](Cc4ncc(C5CC5)cn4)C3)nc2)c1. The second-order valence-corrected chi connectivity index (χ2v) is 9.08. The molecule has 2 aliphatic carbocycles. The van der Waals surface area contributed by atoms with E-state index in [1.54, 1.807) is 10.6 Å². The average Bonchev–Trinajstić information content (AvgIpc) is 3.52. The molecule has 154 valence electrons. The van der Waals surface area contributed by atoms with E-state index >= 15 is 0 Å². The van der Waals surface area contributed by atoms with Crippen LogP contribution in [0.5, 0.6) is 0 Å². The summed E-state index contributed by atoms with van der Waals surface area (Å²) in [7, 11) is 0. The predicted octanol–water partition coefficient (Wildman–Crippen LogP) is 4.41. The van der Waals surface area contributed by atoms with Crippen LogP contribution in [0, 0.1) is 18.8 Å². The third-order valence-electron chi connectivity index (χ3n) is 6.54. The molecule has 3 aromatic heterocycles. The standard InChI is InChI=1S/C25H28N4O/c1-17-2-9-25(30)29(16-17)23-8-7-22(26-15-23)11-18-3-4-19(10-18)12-24-27-13-21(14-28-24)20-5-6-20/h2,7-9,13-16,18-20H,3-6,10-12H2,1H3/t18-,19-/m0/s1. The van der Waals surface area contributed by atoms with Crippen molar-refractivity contribution in [2.24, 2.45) is 11.8 Å². The van der Waals surface area contributed by atoms with Gasteiger partial charge in [-0.15, -0.1) is 0 Å². The number of hydrogen-bond donors (Lipinski definition) is 0. The van der Waals surface area contributed by atoms with Gasteiger partial charge in [-0.25, -0.2) is 9.97 Å². The van der Waals surface area contributed by atoms with Crippen LogP contribution >= 0.6 is 0 Å². The first-order chi connectivity index (χ1) is 14.6. The Labute approximate surface area is 177 Å². The topological polar surface area (TPSA) is 60.7 Å². The molecule has 0 spiro atoms.